The van der Waals surface area contributed by atoms with Crippen molar-refractivity contribution in [2.24, 2.45) is 5.10 Å². The summed E-state index contributed by atoms with van der Waals surface area (Å²) < 4.78 is 0. The fraction of sp³-hybridized carbons (Fsp3) is 0.176. The van der Waals surface area contributed by atoms with Gasteiger partial charge in [0.15, 0.2) is 0 Å². The van der Waals surface area contributed by atoms with Gasteiger partial charge >= 0.3 is 0 Å². The van der Waals surface area contributed by atoms with E-state index >= 15 is 0 Å². The summed E-state index contributed by atoms with van der Waals surface area (Å²) in [5.74, 6) is 0.696. The number of benzene rings is 2. The second-order valence-electron chi connectivity index (χ2n) is 4.72. The van der Waals surface area contributed by atoms with Gasteiger partial charge in [0.2, 0.25) is 0 Å². The molecule has 1 unspecified atom stereocenters. The molecule has 1 atom stereocenters. The summed E-state index contributed by atoms with van der Waals surface area (Å²) in [5, 5.41) is 4.48. The molecular weight excluding hydrogens is 316 g/mol. The van der Waals surface area contributed by atoms with Crippen LogP contribution in [-0.2, 0) is 10.5 Å². The Balaban J connectivity index is 1.77. The van der Waals surface area contributed by atoms with Gasteiger partial charge < -0.3 is 0 Å². The first kappa shape index (κ1) is 16.6. The van der Waals surface area contributed by atoms with Crippen LogP contribution in [0.3, 0.4) is 0 Å². The maximum atomic E-state index is 11.9. The van der Waals surface area contributed by atoms with Gasteiger partial charge in [-0.2, -0.15) is 5.10 Å². The van der Waals surface area contributed by atoms with Crippen molar-refractivity contribution in [1.82, 2.24) is 5.43 Å². The summed E-state index contributed by atoms with van der Waals surface area (Å²) in [6.45, 7) is 1.88. The second kappa shape index (κ2) is 8.61. The molecule has 114 valence electrons. The third-order valence-electron chi connectivity index (χ3n) is 2.97. The predicted octanol–water partition coefficient (Wildman–Crippen LogP) is 4.11. The summed E-state index contributed by atoms with van der Waals surface area (Å²) in [7, 11) is 0. The maximum absolute atomic E-state index is 11.9. The quantitative estimate of drug-likeness (QED) is 0.639. The lowest BCUT2D eigenvalue weighted by Gasteiger charge is -2.09. The zero-order valence-electron chi connectivity index (χ0n) is 12.2. The molecule has 0 aliphatic carbocycles. The molecule has 0 fully saturated rings. The number of thioether (sulfide) groups is 1. The van der Waals surface area contributed by atoms with Crippen molar-refractivity contribution in [3.63, 3.8) is 0 Å². The van der Waals surface area contributed by atoms with Crippen molar-refractivity contribution < 1.29 is 4.79 Å². The highest BCUT2D eigenvalue weighted by atomic mass is 35.5. The van der Waals surface area contributed by atoms with E-state index in [0.717, 1.165) is 11.3 Å². The van der Waals surface area contributed by atoms with E-state index in [0.29, 0.717) is 5.02 Å². The Morgan fingerprint density at radius 2 is 1.91 bits per heavy atom. The third-order valence-corrected chi connectivity index (χ3v) is 4.44. The highest BCUT2D eigenvalue weighted by Gasteiger charge is 2.12. The van der Waals surface area contributed by atoms with Crippen LogP contribution in [0.25, 0.3) is 0 Å². The van der Waals surface area contributed by atoms with E-state index in [-0.39, 0.29) is 11.2 Å². The molecule has 0 aliphatic heterocycles. The molecule has 0 saturated carbocycles. The molecule has 1 N–H and O–H groups in total. The van der Waals surface area contributed by atoms with Gasteiger partial charge in [-0.3, -0.25) is 4.79 Å². The van der Waals surface area contributed by atoms with Crippen LogP contribution in [0.5, 0.6) is 0 Å². The van der Waals surface area contributed by atoms with Crippen LogP contribution in [0, 0.1) is 0 Å². The van der Waals surface area contributed by atoms with Gasteiger partial charge in [-0.1, -0.05) is 54.1 Å². The molecule has 3 nitrogen and oxygen atoms in total. The minimum absolute atomic E-state index is 0.105. The number of rotatable bonds is 6. The highest BCUT2D eigenvalue weighted by molar-refractivity contribution is 7.99. The summed E-state index contributed by atoms with van der Waals surface area (Å²) in [6, 6.07) is 17.3. The number of carbonyl (C=O) groups is 1. The molecule has 2 aromatic carbocycles. The molecule has 2 rings (SSSR count). The molecular formula is C17H17ClN2OS. The van der Waals surface area contributed by atoms with Crippen molar-refractivity contribution in [1.29, 1.82) is 0 Å². The van der Waals surface area contributed by atoms with E-state index < -0.39 is 0 Å². The zero-order chi connectivity index (χ0) is 15.8. The van der Waals surface area contributed by atoms with E-state index in [2.05, 4.69) is 22.7 Å². The second-order valence-corrected chi connectivity index (χ2v) is 6.49. The van der Waals surface area contributed by atoms with Crippen molar-refractivity contribution >= 4 is 35.5 Å². The van der Waals surface area contributed by atoms with Crippen molar-refractivity contribution in [3.05, 3.63) is 70.7 Å². The summed E-state index contributed by atoms with van der Waals surface area (Å²) >= 11 is 7.39. The number of hydrazone groups is 1. The van der Waals surface area contributed by atoms with Gasteiger partial charge in [0.05, 0.1) is 11.5 Å². The highest BCUT2D eigenvalue weighted by Crippen LogP contribution is 2.17. The Morgan fingerprint density at radius 3 is 2.59 bits per heavy atom. The van der Waals surface area contributed by atoms with E-state index in [4.69, 9.17) is 11.6 Å². The summed E-state index contributed by atoms with van der Waals surface area (Å²) in [6.07, 6.45) is 1.60. The number of hydrogen-bond donors (Lipinski definition) is 1. The predicted molar refractivity (Wildman–Crippen MR) is 94.4 cm³/mol. The first-order valence-electron chi connectivity index (χ1n) is 6.89. The van der Waals surface area contributed by atoms with Crippen LogP contribution >= 0.6 is 23.4 Å². The number of halogens is 1. The minimum atomic E-state index is -0.164. The minimum Gasteiger partial charge on any atom is -0.272 e. The molecule has 0 saturated heterocycles. The summed E-state index contributed by atoms with van der Waals surface area (Å²) in [4.78, 5) is 11.9. The molecule has 0 bridgehead atoms. The number of carbonyl (C=O) groups excluding carboxylic acids is 1. The van der Waals surface area contributed by atoms with E-state index in [9.17, 15) is 4.79 Å². The smallest absolute Gasteiger partial charge is 0.252 e. The van der Waals surface area contributed by atoms with Gasteiger partial charge in [-0.25, -0.2) is 5.43 Å². The molecule has 0 aromatic heterocycles. The normalized spacial score (nSPS) is 12.3. The number of nitrogens with one attached hydrogen (secondary N) is 1. The standard InChI is InChI=1S/C17H17ClN2OS/c1-13(22-12-15-5-3-2-4-6-15)17(21)20-19-11-14-7-9-16(18)10-8-14/h2-11,13H,12H2,1H3,(H,20,21). The van der Waals surface area contributed by atoms with E-state index in [1.807, 2.05) is 37.3 Å². The average Bonchev–Trinajstić information content (AvgIpc) is 2.55. The number of amides is 1. The molecule has 5 heteroatoms. The third kappa shape index (κ3) is 5.54. The fourth-order valence-electron chi connectivity index (χ4n) is 1.68. The first-order chi connectivity index (χ1) is 10.6. The lowest BCUT2D eigenvalue weighted by Crippen LogP contribution is -2.26. The lowest BCUT2D eigenvalue weighted by atomic mass is 10.2. The van der Waals surface area contributed by atoms with Crippen LogP contribution < -0.4 is 5.43 Å². The van der Waals surface area contributed by atoms with Gasteiger partial charge in [0.25, 0.3) is 5.91 Å². The lowest BCUT2D eigenvalue weighted by molar-refractivity contribution is -0.120. The largest absolute Gasteiger partial charge is 0.272 e. The van der Waals surface area contributed by atoms with Gasteiger partial charge in [0.1, 0.15) is 0 Å². The maximum Gasteiger partial charge on any atom is 0.252 e. The van der Waals surface area contributed by atoms with Crippen LogP contribution in [0.1, 0.15) is 18.1 Å². The van der Waals surface area contributed by atoms with E-state index in [1.165, 1.54) is 5.56 Å². The van der Waals surface area contributed by atoms with Crippen molar-refractivity contribution in [2.75, 3.05) is 0 Å². The van der Waals surface area contributed by atoms with Crippen LogP contribution in [-0.4, -0.2) is 17.4 Å². The number of nitrogens with zero attached hydrogens (tertiary/aromatic N) is 1. The molecule has 1 amide bonds. The van der Waals surface area contributed by atoms with Crippen LogP contribution in [0.4, 0.5) is 0 Å². The number of hydrogen-bond acceptors (Lipinski definition) is 3. The fourth-order valence-corrected chi connectivity index (χ4v) is 2.65. The Kier molecular flexibility index (Phi) is 6.49. The molecule has 0 heterocycles. The SMILES string of the molecule is CC(SCc1ccccc1)C(=O)NN=Cc1ccc(Cl)cc1. The van der Waals surface area contributed by atoms with E-state index in [1.54, 1.807) is 30.1 Å². The van der Waals surface area contributed by atoms with Crippen molar-refractivity contribution in [2.45, 2.75) is 17.9 Å². The molecule has 0 spiro atoms. The average molecular weight is 333 g/mol. The van der Waals surface area contributed by atoms with Gasteiger partial charge in [-0.15, -0.1) is 11.8 Å². The molecule has 0 radical (unpaired) electrons. The monoisotopic (exact) mass is 332 g/mol. The Hall–Kier alpha value is -1.78. The Labute approximate surface area is 139 Å². The van der Waals surface area contributed by atoms with Gasteiger partial charge in [0, 0.05) is 10.8 Å². The van der Waals surface area contributed by atoms with Crippen LogP contribution in [0.2, 0.25) is 5.02 Å². The molecule has 2 aromatic rings. The Morgan fingerprint density at radius 1 is 1.23 bits per heavy atom. The zero-order valence-corrected chi connectivity index (χ0v) is 13.8. The molecule has 22 heavy (non-hydrogen) atoms. The first-order valence-corrected chi connectivity index (χ1v) is 8.32. The van der Waals surface area contributed by atoms with Crippen molar-refractivity contribution in [3.8, 4) is 0 Å². The molecule has 0 aliphatic rings. The van der Waals surface area contributed by atoms with Gasteiger partial charge in [-0.05, 0) is 30.2 Å². The Bertz CT molecular complexity index is 629. The topological polar surface area (TPSA) is 41.5 Å². The van der Waals surface area contributed by atoms with Crippen LogP contribution in [0.15, 0.2) is 59.7 Å². The summed E-state index contributed by atoms with van der Waals surface area (Å²) in [5.41, 5.74) is 4.65.